The zero-order valence-electron chi connectivity index (χ0n) is 4.39. The predicted octanol–water partition coefficient (Wildman–Crippen LogP) is 0.741. The highest BCUT2D eigenvalue weighted by Gasteiger charge is 1.92. The van der Waals surface area contributed by atoms with Gasteiger partial charge in [-0.1, -0.05) is 6.08 Å². The van der Waals surface area contributed by atoms with Crippen LogP contribution in [0.15, 0.2) is 17.3 Å². The molecule has 1 N–H and O–H groups in total. The number of hydrogen-bond acceptors (Lipinski definition) is 2. The lowest BCUT2D eigenvalue weighted by molar-refractivity contribution is 0.816. The molecule has 0 radical (unpaired) electrons. The van der Waals surface area contributed by atoms with E-state index < -0.39 is 0 Å². The van der Waals surface area contributed by atoms with Gasteiger partial charge >= 0.3 is 0 Å². The SMILES string of the molecule is ClCC1=NNCC=C1. The van der Waals surface area contributed by atoms with Crippen LogP contribution in [0.5, 0.6) is 0 Å². The van der Waals surface area contributed by atoms with Crippen LogP contribution in [0.1, 0.15) is 0 Å². The Morgan fingerprint density at radius 1 is 1.88 bits per heavy atom. The van der Waals surface area contributed by atoms with Gasteiger partial charge in [-0.15, -0.1) is 11.6 Å². The molecule has 2 nitrogen and oxygen atoms in total. The second-order valence-electron chi connectivity index (χ2n) is 1.50. The third-order valence-electron chi connectivity index (χ3n) is 0.879. The van der Waals surface area contributed by atoms with Gasteiger partial charge in [0.05, 0.1) is 18.1 Å². The molecule has 0 fully saturated rings. The fourth-order valence-corrected chi connectivity index (χ4v) is 0.655. The third kappa shape index (κ3) is 1.23. The van der Waals surface area contributed by atoms with E-state index in [1.807, 2.05) is 12.2 Å². The molecule has 0 aliphatic carbocycles. The fourth-order valence-electron chi connectivity index (χ4n) is 0.507. The smallest absolute Gasteiger partial charge is 0.0748 e. The Labute approximate surface area is 53.2 Å². The van der Waals surface area contributed by atoms with Gasteiger partial charge in [0.25, 0.3) is 0 Å². The quantitative estimate of drug-likeness (QED) is 0.521. The van der Waals surface area contributed by atoms with Gasteiger partial charge in [-0.3, -0.25) is 0 Å². The second kappa shape index (κ2) is 2.72. The summed E-state index contributed by atoms with van der Waals surface area (Å²) in [6.07, 6.45) is 3.91. The molecule has 44 valence electrons. The number of allylic oxidation sites excluding steroid dienone is 1. The van der Waals surface area contributed by atoms with Crippen LogP contribution in [0.3, 0.4) is 0 Å². The Bertz CT molecular complexity index is 128. The highest BCUT2D eigenvalue weighted by molar-refractivity contribution is 6.30. The summed E-state index contributed by atoms with van der Waals surface area (Å²) in [6, 6.07) is 0. The number of hydrazone groups is 1. The van der Waals surface area contributed by atoms with Gasteiger partial charge in [0.1, 0.15) is 0 Å². The molecular weight excluding hydrogens is 124 g/mol. The molecule has 1 aliphatic rings. The Morgan fingerprint density at radius 2 is 2.75 bits per heavy atom. The average molecular weight is 131 g/mol. The van der Waals surface area contributed by atoms with Crippen molar-refractivity contribution in [1.29, 1.82) is 0 Å². The van der Waals surface area contributed by atoms with E-state index in [0.717, 1.165) is 12.3 Å². The molecular formula is C5H7ClN2. The number of alkyl halides is 1. The Balaban J connectivity index is 2.51. The highest BCUT2D eigenvalue weighted by Crippen LogP contribution is 1.88. The Morgan fingerprint density at radius 3 is 3.12 bits per heavy atom. The number of rotatable bonds is 1. The van der Waals surface area contributed by atoms with Crippen LogP contribution in [0.2, 0.25) is 0 Å². The molecule has 0 saturated carbocycles. The summed E-state index contributed by atoms with van der Waals surface area (Å²) in [5.41, 5.74) is 3.70. The molecule has 0 saturated heterocycles. The van der Waals surface area contributed by atoms with Crippen molar-refractivity contribution in [2.45, 2.75) is 0 Å². The van der Waals surface area contributed by atoms with E-state index in [1.54, 1.807) is 0 Å². The molecule has 0 bridgehead atoms. The highest BCUT2D eigenvalue weighted by atomic mass is 35.5. The van der Waals surface area contributed by atoms with Crippen molar-refractivity contribution in [3.8, 4) is 0 Å². The third-order valence-corrected chi connectivity index (χ3v) is 1.15. The predicted molar refractivity (Wildman–Crippen MR) is 35.3 cm³/mol. The minimum absolute atomic E-state index is 0.490. The van der Waals surface area contributed by atoms with Crippen molar-refractivity contribution in [3.05, 3.63) is 12.2 Å². The second-order valence-corrected chi connectivity index (χ2v) is 1.77. The van der Waals surface area contributed by atoms with Crippen LogP contribution < -0.4 is 5.43 Å². The van der Waals surface area contributed by atoms with Crippen molar-refractivity contribution in [2.75, 3.05) is 12.4 Å². The maximum Gasteiger partial charge on any atom is 0.0748 e. The van der Waals surface area contributed by atoms with E-state index in [4.69, 9.17) is 11.6 Å². The van der Waals surface area contributed by atoms with Crippen LogP contribution in [0.25, 0.3) is 0 Å². The lowest BCUT2D eigenvalue weighted by Crippen LogP contribution is -2.14. The van der Waals surface area contributed by atoms with Crippen LogP contribution in [0.4, 0.5) is 0 Å². The molecule has 1 aliphatic heterocycles. The van der Waals surface area contributed by atoms with E-state index in [0.29, 0.717) is 5.88 Å². The van der Waals surface area contributed by atoms with Crippen molar-refractivity contribution in [2.24, 2.45) is 5.10 Å². The molecule has 0 aromatic rings. The van der Waals surface area contributed by atoms with E-state index in [2.05, 4.69) is 10.5 Å². The summed E-state index contributed by atoms with van der Waals surface area (Å²) in [7, 11) is 0. The number of nitrogens with one attached hydrogen (secondary N) is 1. The first-order valence-electron chi connectivity index (χ1n) is 2.45. The standard InChI is InChI=1S/C5H7ClN2/c6-4-5-2-1-3-7-8-5/h1-2,7H,3-4H2. The number of nitrogens with zero attached hydrogens (tertiary/aromatic N) is 1. The molecule has 0 aromatic carbocycles. The number of halogens is 1. The average Bonchev–Trinajstić information content (AvgIpc) is 1.90. The van der Waals surface area contributed by atoms with Gasteiger partial charge < -0.3 is 5.43 Å². The fraction of sp³-hybridized carbons (Fsp3) is 0.400. The van der Waals surface area contributed by atoms with E-state index >= 15 is 0 Å². The zero-order chi connectivity index (χ0) is 5.82. The first kappa shape index (κ1) is 5.63. The minimum atomic E-state index is 0.490. The summed E-state index contributed by atoms with van der Waals surface area (Å²) in [5.74, 6) is 0.490. The number of hydrogen-bond donors (Lipinski definition) is 1. The summed E-state index contributed by atoms with van der Waals surface area (Å²) in [4.78, 5) is 0. The Hall–Kier alpha value is -0.500. The van der Waals surface area contributed by atoms with E-state index in [1.165, 1.54) is 0 Å². The lowest BCUT2D eigenvalue weighted by Gasteiger charge is -2.02. The largest absolute Gasteiger partial charge is 0.306 e. The first-order valence-corrected chi connectivity index (χ1v) is 2.99. The normalized spacial score (nSPS) is 17.4. The summed E-state index contributed by atoms with van der Waals surface area (Å²) < 4.78 is 0. The van der Waals surface area contributed by atoms with Crippen LogP contribution >= 0.6 is 11.6 Å². The zero-order valence-corrected chi connectivity index (χ0v) is 5.15. The maximum absolute atomic E-state index is 5.46. The van der Waals surface area contributed by atoms with Gasteiger partial charge in [0, 0.05) is 0 Å². The first-order chi connectivity index (χ1) is 3.93. The molecule has 0 spiro atoms. The molecule has 0 amide bonds. The molecule has 0 unspecified atom stereocenters. The van der Waals surface area contributed by atoms with Gasteiger partial charge in [0.15, 0.2) is 0 Å². The maximum atomic E-state index is 5.46. The van der Waals surface area contributed by atoms with Gasteiger partial charge in [0.2, 0.25) is 0 Å². The molecule has 0 atom stereocenters. The van der Waals surface area contributed by atoms with Crippen LogP contribution in [-0.2, 0) is 0 Å². The van der Waals surface area contributed by atoms with Gasteiger partial charge in [-0.25, -0.2) is 0 Å². The van der Waals surface area contributed by atoms with Crippen molar-refractivity contribution < 1.29 is 0 Å². The summed E-state index contributed by atoms with van der Waals surface area (Å²) in [5, 5.41) is 3.90. The molecule has 8 heavy (non-hydrogen) atoms. The monoisotopic (exact) mass is 130 g/mol. The summed E-state index contributed by atoms with van der Waals surface area (Å²) >= 11 is 5.46. The topological polar surface area (TPSA) is 24.4 Å². The molecule has 3 heteroatoms. The van der Waals surface area contributed by atoms with Crippen LogP contribution in [-0.4, -0.2) is 18.1 Å². The van der Waals surface area contributed by atoms with Gasteiger partial charge in [-0.2, -0.15) is 5.10 Å². The lowest BCUT2D eigenvalue weighted by atomic mass is 10.3. The molecule has 1 rings (SSSR count). The summed E-state index contributed by atoms with van der Waals surface area (Å²) in [6.45, 7) is 0.820. The molecule has 0 aromatic heterocycles. The molecule has 1 heterocycles. The van der Waals surface area contributed by atoms with Crippen molar-refractivity contribution in [1.82, 2.24) is 5.43 Å². The van der Waals surface area contributed by atoms with E-state index in [-0.39, 0.29) is 0 Å². The van der Waals surface area contributed by atoms with E-state index in [9.17, 15) is 0 Å². The van der Waals surface area contributed by atoms with Crippen LogP contribution in [0, 0.1) is 0 Å². The Kier molecular flexibility index (Phi) is 1.92. The van der Waals surface area contributed by atoms with Gasteiger partial charge in [-0.05, 0) is 6.08 Å². The van der Waals surface area contributed by atoms with Crippen molar-refractivity contribution in [3.63, 3.8) is 0 Å². The van der Waals surface area contributed by atoms with Crippen molar-refractivity contribution >= 4 is 17.3 Å². The minimum Gasteiger partial charge on any atom is -0.306 e.